The van der Waals surface area contributed by atoms with Crippen molar-refractivity contribution in [2.45, 2.75) is 6.29 Å². The summed E-state index contributed by atoms with van der Waals surface area (Å²) in [6.45, 7) is 0. The van der Waals surface area contributed by atoms with Gasteiger partial charge >= 0.3 is 5.97 Å². The molecule has 0 radical (unpaired) electrons. The van der Waals surface area contributed by atoms with E-state index in [-0.39, 0.29) is 0 Å². The fourth-order valence-corrected chi connectivity index (χ4v) is 0.298. The first kappa shape index (κ1) is 7.39. The molecule has 0 amide bonds. The van der Waals surface area contributed by atoms with Crippen molar-refractivity contribution in [1.29, 1.82) is 0 Å². The molecule has 0 rings (SSSR count). The van der Waals surface area contributed by atoms with Crippen LogP contribution in [0, 0.1) is 0 Å². The highest BCUT2D eigenvalue weighted by molar-refractivity contribution is 5.70. The van der Waals surface area contributed by atoms with Crippen molar-refractivity contribution in [3.05, 3.63) is 0 Å². The van der Waals surface area contributed by atoms with Crippen LogP contribution in [-0.4, -0.2) is 31.6 Å². The molecule has 0 saturated carbocycles. The smallest absolute Gasteiger partial charge is 0.361 e. The van der Waals surface area contributed by atoms with E-state index in [4.69, 9.17) is 5.11 Å². The van der Waals surface area contributed by atoms with E-state index in [1.54, 1.807) is 0 Å². The number of carbonyl (C=O) groups is 1. The maximum atomic E-state index is 9.91. The van der Waals surface area contributed by atoms with E-state index >= 15 is 0 Å². The van der Waals surface area contributed by atoms with Crippen molar-refractivity contribution >= 4 is 5.97 Å². The van der Waals surface area contributed by atoms with Gasteiger partial charge in [0, 0.05) is 14.2 Å². The topological polar surface area (TPSA) is 55.8 Å². The van der Waals surface area contributed by atoms with Gasteiger partial charge in [-0.2, -0.15) is 0 Å². The van der Waals surface area contributed by atoms with E-state index in [9.17, 15) is 4.79 Å². The molecule has 0 aromatic heterocycles. The summed E-state index contributed by atoms with van der Waals surface area (Å²) in [5.74, 6) is -1.12. The van der Waals surface area contributed by atoms with E-state index in [0.717, 1.165) is 0 Å². The first-order valence-corrected chi connectivity index (χ1v) is 2.00. The standard InChI is InChI=1S/C4H8O4/c1-7-4(8-2)3(5)6/h4H,1-2H3,(H,5,6). The second-order valence-electron chi connectivity index (χ2n) is 1.14. The van der Waals surface area contributed by atoms with E-state index in [1.807, 2.05) is 0 Å². The molecule has 0 atom stereocenters. The summed E-state index contributed by atoms with van der Waals surface area (Å²) in [4.78, 5) is 9.91. The SMILES string of the molecule is COC(OC)C(=O)O. The largest absolute Gasteiger partial charge is 0.477 e. The van der Waals surface area contributed by atoms with E-state index < -0.39 is 12.3 Å². The van der Waals surface area contributed by atoms with Crippen LogP contribution in [0.2, 0.25) is 0 Å². The molecule has 8 heavy (non-hydrogen) atoms. The number of hydrogen-bond acceptors (Lipinski definition) is 3. The summed E-state index contributed by atoms with van der Waals surface area (Å²) in [6.07, 6.45) is -1.13. The molecule has 4 nitrogen and oxygen atoms in total. The third kappa shape index (κ3) is 1.90. The van der Waals surface area contributed by atoms with Crippen LogP contribution in [0.15, 0.2) is 0 Å². The number of hydrogen-bond donors (Lipinski definition) is 1. The summed E-state index contributed by atoms with van der Waals surface area (Å²) in [6, 6.07) is 0. The van der Waals surface area contributed by atoms with Gasteiger partial charge in [0.25, 0.3) is 6.29 Å². The van der Waals surface area contributed by atoms with Crippen molar-refractivity contribution in [3.8, 4) is 0 Å². The Morgan fingerprint density at radius 1 is 1.50 bits per heavy atom. The number of carboxylic acid groups (broad SMARTS) is 1. The predicted octanol–water partition coefficient (Wildman–Crippen LogP) is -0.310. The first-order chi connectivity index (χ1) is 3.72. The molecule has 0 unspecified atom stereocenters. The molecule has 48 valence electrons. The van der Waals surface area contributed by atoms with Crippen molar-refractivity contribution < 1.29 is 19.4 Å². The highest BCUT2D eigenvalue weighted by Gasteiger charge is 2.12. The van der Waals surface area contributed by atoms with E-state index in [0.29, 0.717) is 0 Å². The summed E-state index contributed by atoms with van der Waals surface area (Å²) in [5.41, 5.74) is 0. The minimum atomic E-state index is -1.13. The van der Waals surface area contributed by atoms with Crippen LogP contribution in [0.3, 0.4) is 0 Å². The number of aliphatic carboxylic acids is 1. The fourth-order valence-electron chi connectivity index (χ4n) is 0.298. The molecule has 0 aliphatic heterocycles. The van der Waals surface area contributed by atoms with Gasteiger partial charge in [0.2, 0.25) is 0 Å². The quantitative estimate of drug-likeness (QED) is 0.519. The molecule has 4 heteroatoms. The first-order valence-electron chi connectivity index (χ1n) is 2.00. The fraction of sp³-hybridized carbons (Fsp3) is 0.750. The summed E-state index contributed by atoms with van der Waals surface area (Å²) < 4.78 is 8.68. The van der Waals surface area contributed by atoms with E-state index in [1.165, 1.54) is 14.2 Å². The second kappa shape index (κ2) is 3.40. The Morgan fingerprint density at radius 3 is 1.88 bits per heavy atom. The van der Waals surface area contributed by atoms with Gasteiger partial charge in [-0.05, 0) is 0 Å². The molecule has 0 aromatic carbocycles. The third-order valence-electron chi connectivity index (χ3n) is 0.630. The molecule has 0 heterocycles. The van der Waals surface area contributed by atoms with Gasteiger partial charge in [0.05, 0.1) is 0 Å². The minimum Gasteiger partial charge on any atom is -0.477 e. The lowest BCUT2D eigenvalue weighted by atomic mass is 10.7. The number of rotatable bonds is 3. The van der Waals surface area contributed by atoms with Gasteiger partial charge in [0.1, 0.15) is 0 Å². The van der Waals surface area contributed by atoms with Crippen LogP contribution in [0.1, 0.15) is 0 Å². The molecular formula is C4H8O4. The maximum absolute atomic E-state index is 9.91. The van der Waals surface area contributed by atoms with Crippen molar-refractivity contribution in [2.24, 2.45) is 0 Å². The molecule has 1 N–H and O–H groups in total. The van der Waals surface area contributed by atoms with Crippen LogP contribution in [0.25, 0.3) is 0 Å². The molecule has 0 fully saturated rings. The van der Waals surface area contributed by atoms with Crippen LogP contribution < -0.4 is 0 Å². The maximum Gasteiger partial charge on any atom is 0.361 e. The monoisotopic (exact) mass is 120 g/mol. The lowest BCUT2D eigenvalue weighted by Crippen LogP contribution is -2.23. The Labute approximate surface area is 47.0 Å². The average Bonchev–Trinajstić information content (AvgIpc) is 1.69. The Balaban J connectivity index is 3.52. The zero-order chi connectivity index (χ0) is 6.57. The molecule has 0 bridgehead atoms. The number of carboxylic acids is 1. The predicted molar refractivity (Wildman–Crippen MR) is 25.4 cm³/mol. The molecular weight excluding hydrogens is 112 g/mol. The molecule has 0 saturated heterocycles. The van der Waals surface area contributed by atoms with Crippen molar-refractivity contribution in [2.75, 3.05) is 14.2 Å². The van der Waals surface area contributed by atoms with Gasteiger partial charge in [-0.15, -0.1) is 0 Å². The molecule has 0 aliphatic carbocycles. The Kier molecular flexibility index (Phi) is 3.14. The van der Waals surface area contributed by atoms with Gasteiger partial charge < -0.3 is 14.6 Å². The second-order valence-corrected chi connectivity index (χ2v) is 1.14. The zero-order valence-electron chi connectivity index (χ0n) is 4.75. The Hall–Kier alpha value is -0.610. The van der Waals surface area contributed by atoms with Crippen LogP contribution in [0.4, 0.5) is 0 Å². The molecule has 0 spiro atoms. The van der Waals surface area contributed by atoms with E-state index in [2.05, 4.69) is 9.47 Å². The summed E-state index contributed by atoms with van der Waals surface area (Å²) in [7, 11) is 2.53. The van der Waals surface area contributed by atoms with Crippen molar-refractivity contribution in [3.63, 3.8) is 0 Å². The Bertz CT molecular complexity index is 76.1. The third-order valence-corrected chi connectivity index (χ3v) is 0.630. The van der Waals surface area contributed by atoms with Crippen LogP contribution in [-0.2, 0) is 14.3 Å². The van der Waals surface area contributed by atoms with Gasteiger partial charge in [-0.25, -0.2) is 4.79 Å². The number of methoxy groups -OCH3 is 2. The van der Waals surface area contributed by atoms with Gasteiger partial charge in [-0.1, -0.05) is 0 Å². The highest BCUT2D eigenvalue weighted by atomic mass is 16.7. The lowest BCUT2D eigenvalue weighted by molar-refractivity contribution is -0.177. The highest BCUT2D eigenvalue weighted by Crippen LogP contribution is 1.87. The lowest BCUT2D eigenvalue weighted by Gasteiger charge is -2.05. The van der Waals surface area contributed by atoms with Crippen LogP contribution >= 0.6 is 0 Å². The number of ether oxygens (including phenoxy) is 2. The zero-order valence-corrected chi connectivity index (χ0v) is 4.75. The minimum absolute atomic E-state index is 1.12. The van der Waals surface area contributed by atoms with Crippen molar-refractivity contribution in [1.82, 2.24) is 0 Å². The summed E-state index contributed by atoms with van der Waals surface area (Å²) in [5, 5.41) is 8.12. The summed E-state index contributed by atoms with van der Waals surface area (Å²) >= 11 is 0. The average molecular weight is 120 g/mol. The van der Waals surface area contributed by atoms with Crippen LogP contribution in [0.5, 0.6) is 0 Å². The van der Waals surface area contributed by atoms with Gasteiger partial charge in [-0.3, -0.25) is 0 Å². The van der Waals surface area contributed by atoms with Gasteiger partial charge in [0.15, 0.2) is 0 Å². The molecule has 0 aliphatic rings. The Morgan fingerprint density at radius 2 is 1.88 bits per heavy atom. The molecule has 0 aromatic rings. The normalized spacial score (nSPS) is 9.88.